The summed E-state index contributed by atoms with van der Waals surface area (Å²) < 4.78 is 24.5. The van der Waals surface area contributed by atoms with E-state index in [1.165, 1.54) is 10.6 Å². The molecule has 1 heterocycles. The van der Waals surface area contributed by atoms with Crippen LogP contribution in [0.1, 0.15) is 23.2 Å². The van der Waals surface area contributed by atoms with Crippen LogP contribution in [0, 0.1) is 0 Å². The number of sulfonamides is 1. The van der Waals surface area contributed by atoms with Gasteiger partial charge in [-0.3, -0.25) is 4.79 Å². The van der Waals surface area contributed by atoms with Crippen molar-refractivity contribution in [1.29, 1.82) is 0 Å². The summed E-state index contributed by atoms with van der Waals surface area (Å²) in [4.78, 5) is 12.6. The molecular formula is C17H20N2O3S. The lowest BCUT2D eigenvalue weighted by Crippen LogP contribution is -2.46. The number of hydrogen-bond donors (Lipinski definition) is 1. The van der Waals surface area contributed by atoms with E-state index >= 15 is 0 Å². The molecule has 5 nitrogen and oxygen atoms in total. The Morgan fingerprint density at radius 2 is 1.74 bits per heavy atom. The van der Waals surface area contributed by atoms with Gasteiger partial charge in [0.1, 0.15) is 0 Å². The van der Waals surface area contributed by atoms with Crippen molar-refractivity contribution in [3.63, 3.8) is 0 Å². The topological polar surface area (TPSA) is 66.5 Å². The quantitative estimate of drug-likeness (QED) is 0.935. The van der Waals surface area contributed by atoms with E-state index in [-0.39, 0.29) is 11.9 Å². The van der Waals surface area contributed by atoms with Gasteiger partial charge in [0, 0.05) is 24.7 Å². The predicted molar refractivity (Wildman–Crippen MR) is 90.9 cm³/mol. The minimum atomic E-state index is -3.14. The summed E-state index contributed by atoms with van der Waals surface area (Å²) in [5.41, 5.74) is 0.661. The Morgan fingerprint density at radius 3 is 2.43 bits per heavy atom. The van der Waals surface area contributed by atoms with Gasteiger partial charge in [0.25, 0.3) is 5.91 Å². The molecule has 0 saturated carbocycles. The summed E-state index contributed by atoms with van der Waals surface area (Å²) in [5.74, 6) is -0.0976. The highest BCUT2D eigenvalue weighted by molar-refractivity contribution is 7.88. The molecule has 0 aliphatic carbocycles. The normalized spacial score (nSPS) is 17.3. The molecule has 0 atom stereocenters. The van der Waals surface area contributed by atoms with Crippen molar-refractivity contribution in [2.45, 2.75) is 18.9 Å². The molecule has 1 fully saturated rings. The number of hydrogen-bond acceptors (Lipinski definition) is 3. The van der Waals surface area contributed by atoms with Crippen LogP contribution in [-0.2, 0) is 10.0 Å². The molecular weight excluding hydrogens is 312 g/mol. The average molecular weight is 332 g/mol. The lowest BCUT2D eigenvalue weighted by molar-refractivity contribution is 0.0925. The first-order valence-corrected chi connectivity index (χ1v) is 9.54. The van der Waals surface area contributed by atoms with Gasteiger partial charge in [0.15, 0.2) is 0 Å². The molecule has 0 radical (unpaired) electrons. The fourth-order valence-electron chi connectivity index (χ4n) is 3.02. The van der Waals surface area contributed by atoms with Crippen molar-refractivity contribution in [3.05, 3.63) is 48.0 Å². The highest BCUT2D eigenvalue weighted by atomic mass is 32.2. The van der Waals surface area contributed by atoms with Crippen LogP contribution in [0.25, 0.3) is 10.8 Å². The standard InChI is InChI=1S/C17H20N2O3S/c1-23(21,22)19-11-9-14(10-12-19)18-17(20)16-8-4-6-13-5-2-3-7-15(13)16/h2-8,14H,9-12H2,1H3,(H,18,20). The third kappa shape index (κ3) is 3.54. The SMILES string of the molecule is CS(=O)(=O)N1CCC(NC(=O)c2cccc3ccccc23)CC1. The van der Waals surface area contributed by atoms with E-state index in [4.69, 9.17) is 0 Å². The lowest BCUT2D eigenvalue weighted by Gasteiger charge is -2.30. The number of nitrogens with zero attached hydrogens (tertiary/aromatic N) is 1. The van der Waals surface area contributed by atoms with Gasteiger partial charge in [-0.25, -0.2) is 12.7 Å². The molecule has 0 unspecified atom stereocenters. The van der Waals surface area contributed by atoms with Gasteiger partial charge in [-0.15, -0.1) is 0 Å². The number of carbonyl (C=O) groups excluding carboxylic acids is 1. The molecule has 122 valence electrons. The van der Waals surface area contributed by atoms with Gasteiger partial charge in [0.05, 0.1) is 6.26 Å². The predicted octanol–water partition coefficient (Wildman–Crippen LogP) is 1.99. The number of fused-ring (bicyclic) bond motifs is 1. The Hall–Kier alpha value is -1.92. The van der Waals surface area contributed by atoms with Crippen molar-refractivity contribution >= 4 is 26.7 Å². The monoisotopic (exact) mass is 332 g/mol. The van der Waals surface area contributed by atoms with E-state index in [0.717, 1.165) is 10.8 Å². The van der Waals surface area contributed by atoms with Crippen molar-refractivity contribution < 1.29 is 13.2 Å². The van der Waals surface area contributed by atoms with Crippen molar-refractivity contribution in [2.75, 3.05) is 19.3 Å². The molecule has 1 aliphatic heterocycles. The second-order valence-electron chi connectivity index (χ2n) is 5.94. The first kappa shape index (κ1) is 16.0. The van der Waals surface area contributed by atoms with Crippen molar-refractivity contribution in [1.82, 2.24) is 9.62 Å². The van der Waals surface area contributed by atoms with E-state index < -0.39 is 10.0 Å². The third-order valence-electron chi connectivity index (χ3n) is 4.29. The zero-order valence-corrected chi connectivity index (χ0v) is 13.8. The van der Waals surface area contributed by atoms with Gasteiger partial charge >= 0.3 is 0 Å². The van der Waals surface area contributed by atoms with E-state index in [1.54, 1.807) is 0 Å². The molecule has 0 spiro atoms. The summed E-state index contributed by atoms with van der Waals surface area (Å²) in [7, 11) is -3.14. The summed E-state index contributed by atoms with van der Waals surface area (Å²) in [6, 6.07) is 13.5. The Labute approximate surface area is 136 Å². The highest BCUT2D eigenvalue weighted by Gasteiger charge is 2.26. The summed E-state index contributed by atoms with van der Waals surface area (Å²) in [6.45, 7) is 0.915. The Morgan fingerprint density at radius 1 is 1.09 bits per heavy atom. The number of benzene rings is 2. The maximum Gasteiger partial charge on any atom is 0.252 e. The molecule has 0 bridgehead atoms. The fourth-order valence-corrected chi connectivity index (χ4v) is 3.89. The fraction of sp³-hybridized carbons (Fsp3) is 0.353. The van der Waals surface area contributed by atoms with Crippen molar-refractivity contribution in [3.8, 4) is 0 Å². The highest BCUT2D eigenvalue weighted by Crippen LogP contribution is 2.19. The molecule has 1 amide bonds. The van der Waals surface area contributed by atoms with Gasteiger partial charge < -0.3 is 5.32 Å². The number of piperidine rings is 1. The largest absolute Gasteiger partial charge is 0.349 e. The molecule has 1 aliphatic rings. The summed E-state index contributed by atoms with van der Waals surface area (Å²) >= 11 is 0. The molecule has 1 N–H and O–H groups in total. The molecule has 6 heteroatoms. The second-order valence-corrected chi connectivity index (χ2v) is 7.92. The summed E-state index contributed by atoms with van der Waals surface area (Å²) in [6.07, 6.45) is 2.51. The van der Waals surface area contributed by atoms with Crippen LogP contribution in [0.2, 0.25) is 0 Å². The molecule has 2 aromatic carbocycles. The number of carbonyl (C=O) groups is 1. The van der Waals surface area contributed by atoms with Gasteiger partial charge in [0.2, 0.25) is 10.0 Å². The summed E-state index contributed by atoms with van der Waals surface area (Å²) in [5, 5.41) is 5.00. The van der Waals surface area contributed by atoms with Gasteiger partial charge in [-0.2, -0.15) is 0 Å². The maximum absolute atomic E-state index is 12.6. The Balaban J connectivity index is 1.70. The number of amides is 1. The van der Waals surface area contributed by atoms with Crippen LogP contribution < -0.4 is 5.32 Å². The molecule has 1 saturated heterocycles. The Bertz CT molecular complexity index is 819. The smallest absolute Gasteiger partial charge is 0.252 e. The van der Waals surface area contributed by atoms with Crippen LogP contribution in [0.5, 0.6) is 0 Å². The zero-order chi connectivity index (χ0) is 16.4. The van der Waals surface area contributed by atoms with Crippen LogP contribution in [-0.4, -0.2) is 44.0 Å². The minimum absolute atomic E-state index is 0.0134. The lowest BCUT2D eigenvalue weighted by atomic mass is 10.0. The van der Waals surface area contributed by atoms with Crippen LogP contribution in [0.15, 0.2) is 42.5 Å². The first-order valence-electron chi connectivity index (χ1n) is 7.69. The first-order chi connectivity index (χ1) is 10.9. The third-order valence-corrected chi connectivity index (χ3v) is 5.60. The van der Waals surface area contributed by atoms with Gasteiger partial charge in [-0.1, -0.05) is 36.4 Å². The second kappa shape index (κ2) is 6.29. The van der Waals surface area contributed by atoms with E-state index in [1.807, 2.05) is 42.5 Å². The van der Waals surface area contributed by atoms with E-state index in [9.17, 15) is 13.2 Å². The number of nitrogens with one attached hydrogen (secondary N) is 1. The molecule has 23 heavy (non-hydrogen) atoms. The zero-order valence-electron chi connectivity index (χ0n) is 13.0. The van der Waals surface area contributed by atoms with Crippen LogP contribution in [0.4, 0.5) is 0 Å². The average Bonchev–Trinajstić information content (AvgIpc) is 2.54. The van der Waals surface area contributed by atoms with Crippen molar-refractivity contribution in [2.24, 2.45) is 0 Å². The Kier molecular flexibility index (Phi) is 4.37. The molecule has 0 aromatic heterocycles. The minimum Gasteiger partial charge on any atom is -0.349 e. The van der Waals surface area contributed by atoms with Gasteiger partial charge in [-0.05, 0) is 29.7 Å². The maximum atomic E-state index is 12.6. The molecule has 3 rings (SSSR count). The van der Waals surface area contributed by atoms with E-state index in [2.05, 4.69) is 5.32 Å². The van der Waals surface area contributed by atoms with E-state index in [0.29, 0.717) is 31.5 Å². The van der Waals surface area contributed by atoms with Crippen LogP contribution >= 0.6 is 0 Å². The molecule has 2 aromatic rings. The van der Waals surface area contributed by atoms with Crippen LogP contribution in [0.3, 0.4) is 0 Å². The number of rotatable bonds is 3.